The first-order valence-corrected chi connectivity index (χ1v) is 6.58. The Kier molecular flexibility index (Phi) is 4.18. The van der Waals surface area contributed by atoms with Gasteiger partial charge in [-0.3, -0.25) is 0 Å². The van der Waals surface area contributed by atoms with E-state index in [-0.39, 0.29) is 0 Å². The molecule has 2 rings (SSSR count). The largest absolute Gasteiger partial charge is 0.366 e. The highest BCUT2D eigenvalue weighted by atomic mass is 79.9. The van der Waals surface area contributed by atoms with Crippen LogP contribution in [0.25, 0.3) is 0 Å². The van der Waals surface area contributed by atoms with Crippen molar-refractivity contribution < 1.29 is 4.39 Å². The molecule has 0 radical (unpaired) electrons. The average molecular weight is 319 g/mol. The molecule has 0 aromatic heterocycles. The lowest BCUT2D eigenvalue weighted by molar-refractivity contribution is 0.606. The van der Waals surface area contributed by atoms with Crippen LogP contribution in [-0.2, 0) is 0 Å². The van der Waals surface area contributed by atoms with E-state index >= 15 is 0 Å². The molecule has 0 saturated carbocycles. The highest BCUT2D eigenvalue weighted by molar-refractivity contribution is 9.10. The van der Waals surface area contributed by atoms with Gasteiger partial charge < -0.3 is 5.32 Å². The molecule has 0 spiro atoms. The van der Waals surface area contributed by atoms with Crippen LogP contribution in [0, 0.1) is 24.1 Å². The molecule has 0 bridgehead atoms. The highest BCUT2D eigenvalue weighted by Crippen LogP contribution is 2.25. The number of nitriles is 1. The Balaban J connectivity index is 2.31. The van der Waals surface area contributed by atoms with Crippen molar-refractivity contribution in [2.75, 3.05) is 5.32 Å². The van der Waals surface area contributed by atoms with Crippen LogP contribution < -0.4 is 5.32 Å². The lowest BCUT2D eigenvalue weighted by Crippen LogP contribution is -2.11. The second kappa shape index (κ2) is 5.85. The fraction of sp³-hybridized carbons (Fsp3) is 0.133. The van der Waals surface area contributed by atoms with Gasteiger partial charge in [-0.2, -0.15) is 5.26 Å². The molecule has 1 atom stereocenters. The Morgan fingerprint density at radius 2 is 2.00 bits per heavy atom. The molecular formula is C15H12BrFN2. The van der Waals surface area contributed by atoms with Gasteiger partial charge in [0.25, 0.3) is 0 Å². The van der Waals surface area contributed by atoms with Gasteiger partial charge in [0, 0.05) is 15.7 Å². The molecule has 0 fully saturated rings. The van der Waals surface area contributed by atoms with Crippen molar-refractivity contribution in [1.29, 1.82) is 5.26 Å². The number of nitrogens with one attached hydrogen (secondary N) is 1. The number of halogens is 2. The fourth-order valence-corrected chi connectivity index (χ4v) is 2.14. The molecule has 1 unspecified atom stereocenters. The lowest BCUT2D eigenvalue weighted by atomic mass is 10.1. The van der Waals surface area contributed by atoms with Gasteiger partial charge in [-0.1, -0.05) is 40.2 Å². The number of nitrogens with zero attached hydrogens (tertiary/aromatic N) is 1. The third kappa shape index (κ3) is 3.12. The van der Waals surface area contributed by atoms with Crippen LogP contribution >= 0.6 is 15.9 Å². The Bertz CT molecular complexity index is 634. The quantitative estimate of drug-likeness (QED) is 0.899. The number of aryl methyl sites for hydroxylation is 1. The Hall–Kier alpha value is -1.86. The van der Waals surface area contributed by atoms with Crippen LogP contribution in [0.4, 0.5) is 10.1 Å². The minimum Gasteiger partial charge on any atom is -0.366 e. The first-order chi connectivity index (χ1) is 9.11. The Morgan fingerprint density at radius 1 is 1.26 bits per heavy atom. The predicted molar refractivity (Wildman–Crippen MR) is 77.3 cm³/mol. The zero-order chi connectivity index (χ0) is 13.8. The highest BCUT2D eigenvalue weighted by Gasteiger charge is 2.15. The summed E-state index contributed by atoms with van der Waals surface area (Å²) in [6.45, 7) is 1.94. The van der Waals surface area contributed by atoms with E-state index in [0.29, 0.717) is 10.0 Å². The van der Waals surface area contributed by atoms with Crippen LogP contribution in [0.15, 0.2) is 46.9 Å². The number of para-hydroxylation sites is 1. The van der Waals surface area contributed by atoms with Crippen molar-refractivity contribution in [2.24, 2.45) is 0 Å². The summed E-state index contributed by atoms with van der Waals surface area (Å²) < 4.78 is 14.5. The number of hydrogen-bond acceptors (Lipinski definition) is 2. The van der Waals surface area contributed by atoms with Crippen molar-refractivity contribution >= 4 is 21.6 Å². The maximum Gasteiger partial charge on any atom is 0.143 e. The van der Waals surface area contributed by atoms with E-state index in [4.69, 9.17) is 0 Å². The molecule has 2 aromatic carbocycles. The van der Waals surface area contributed by atoms with E-state index in [2.05, 4.69) is 27.3 Å². The summed E-state index contributed by atoms with van der Waals surface area (Å²) in [5.74, 6) is -0.401. The summed E-state index contributed by atoms with van der Waals surface area (Å²) >= 11 is 3.20. The minimum absolute atomic E-state index is 0.342. The normalized spacial score (nSPS) is 11.7. The smallest absolute Gasteiger partial charge is 0.143 e. The standard InChI is InChI=1S/C15H12BrFN2/c1-10-4-2-3-5-14(10)19-15(9-18)12-7-6-11(16)8-13(12)17/h2-8,15,19H,1H3. The Morgan fingerprint density at radius 3 is 2.63 bits per heavy atom. The summed E-state index contributed by atoms with van der Waals surface area (Å²) in [6.07, 6.45) is 0. The Labute approximate surface area is 120 Å². The van der Waals surface area contributed by atoms with Crippen LogP contribution in [0.5, 0.6) is 0 Å². The van der Waals surface area contributed by atoms with Crippen molar-refractivity contribution in [3.63, 3.8) is 0 Å². The van der Waals surface area contributed by atoms with Gasteiger partial charge in [-0.05, 0) is 30.7 Å². The fourth-order valence-electron chi connectivity index (χ4n) is 1.81. The summed E-state index contributed by atoms with van der Waals surface area (Å²) in [5.41, 5.74) is 2.19. The molecular weight excluding hydrogens is 307 g/mol. The van der Waals surface area contributed by atoms with Gasteiger partial charge in [0.05, 0.1) is 6.07 Å². The summed E-state index contributed by atoms with van der Waals surface area (Å²) in [7, 11) is 0. The minimum atomic E-state index is -0.714. The second-order valence-electron chi connectivity index (χ2n) is 4.19. The molecule has 0 aliphatic carbocycles. The molecule has 0 amide bonds. The van der Waals surface area contributed by atoms with Crippen molar-refractivity contribution in [3.05, 3.63) is 63.9 Å². The molecule has 0 aliphatic heterocycles. The molecule has 0 saturated heterocycles. The maximum absolute atomic E-state index is 13.9. The van der Waals surface area contributed by atoms with Gasteiger partial charge in [-0.15, -0.1) is 0 Å². The van der Waals surface area contributed by atoms with Gasteiger partial charge in [0.15, 0.2) is 0 Å². The summed E-state index contributed by atoms with van der Waals surface area (Å²) in [6, 6.07) is 13.7. The maximum atomic E-state index is 13.9. The number of anilines is 1. The van der Waals surface area contributed by atoms with Gasteiger partial charge >= 0.3 is 0 Å². The average Bonchev–Trinajstić information content (AvgIpc) is 2.39. The molecule has 4 heteroatoms. The van der Waals surface area contributed by atoms with E-state index in [0.717, 1.165) is 11.3 Å². The lowest BCUT2D eigenvalue weighted by Gasteiger charge is -2.16. The van der Waals surface area contributed by atoms with Gasteiger partial charge in [0.2, 0.25) is 0 Å². The van der Waals surface area contributed by atoms with E-state index in [1.54, 1.807) is 12.1 Å². The molecule has 2 aromatic rings. The first kappa shape index (κ1) is 13.6. The summed E-state index contributed by atoms with van der Waals surface area (Å²) in [4.78, 5) is 0. The topological polar surface area (TPSA) is 35.8 Å². The SMILES string of the molecule is Cc1ccccc1NC(C#N)c1ccc(Br)cc1F. The molecule has 96 valence electrons. The number of hydrogen-bond donors (Lipinski definition) is 1. The molecule has 19 heavy (non-hydrogen) atoms. The third-order valence-corrected chi connectivity index (χ3v) is 3.34. The van der Waals surface area contributed by atoms with Gasteiger partial charge in [-0.25, -0.2) is 4.39 Å². The van der Waals surface area contributed by atoms with Crippen LogP contribution in [0.2, 0.25) is 0 Å². The predicted octanol–water partition coefficient (Wildman–Crippen LogP) is 4.57. The number of benzene rings is 2. The summed E-state index contributed by atoms with van der Waals surface area (Å²) in [5, 5.41) is 12.3. The zero-order valence-corrected chi connectivity index (χ0v) is 11.9. The zero-order valence-electron chi connectivity index (χ0n) is 10.3. The van der Waals surface area contributed by atoms with E-state index < -0.39 is 11.9 Å². The van der Waals surface area contributed by atoms with Gasteiger partial charge in [0.1, 0.15) is 11.9 Å². The molecule has 0 heterocycles. The second-order valence-corrected chi connectivity index (χ2v) is 5.10. The van der Waals surface area contributed by atoms with E-state index in [9.17, 15) is 9.65 Å². The molecule has 1 N–H and O–H groups in total. The van der Waals surface area contributed by atoms with Crippen molar-refractivity contribution in [3.8, 4) is 6.07 Å². The van der Waals surface area contributed by atoms with Crippen molar-refractivity contribution in [1.82, 2.24) is 0 Å². The van der Waals surface area contributed by atoms with Crippen LogP contribution in [0.3, 0.4) is 0 Å². The van der Waals surface area contributed by atoms with Crippen molar-refractivity contribution in [2.45, 2.75) is 13.0 Å². The molecule has 2 nitrogen and oxygen atoms in total. The van der Waals surface area contributed by atoms with E-state index in [1.165, 1.54) is 6.07 Å². The molecule has 0 aliphatic rings. The number of rotatable bonds is 3. The van der Waals surface area contributed by atoms with Crippen LogP contribution in [-0.4, -0.2) is 0 Å². The van der Waals surface area contributed by atoms with E-state index in [1.807, 2.05) is 31.2 Å². The first-order valence-electron chi connectivity index (χ1n) is 5.78. The van der Waals surface area contributed by atoms with Crippen LogP contribution in [0.1, 0.15) is 17.2 Å². The monoisotopic (exact) mass is 318 g/mol. The third-order valence-electron chi connectivity index (χ3n) is 2.85.